The number of rotatable bonds is 4. The van der Waals surface area contributed by atoms with Gasteiger partial charge in [-0.3, -0.25) is 9.59 Å². The van der Waals surface area contributed by atoms with Gasteiger partial charge in [0.2, 0.25) is 11.8 Å². The van der Waals surface area contributed by atoms with E-state index < -0.39 is 5.41 Å². The third-order valence-electron chi connectivity index (χ3n) is 4.64. The highest BCUT2D eigenvalue weighted by Crippen LogP contribution is 2.24. The first-order valence-corrected chi connectivity index (χ1v) is 8.70. The van der Waals surface area contributed by atoms with Crippen LogP contribution >= 0.6 is 0 Å². The summed E-state index contributed by atoms with van der Waals surface area (Å²) in [5.41, 5.74) is 0.708. The fourth-order valence-corrected chi connectivity index (χ4v) is 2.90. The minimum atomic E-state index is -1.06. The lowest BCUT2D eigenvalue weighted by Crippen LogP contribution is -2.47. The summed E-state index contributed by atoms with van der Waals surface area (Å²) in [6, 6.07) is 7.61. The molecule has 0 aromatic heterocycles. The van der Waals surface area contributed by atoms with Crippen molar-refractivity contribution in [1.29, 1.82) is 0 Å². The molecule has 0 atom stereocenters. The Bertz CT molecular complexity index is 571. The lowest BCUT2D eigenvalue weighted by Gasteiger charge is -2.30. The first-order valence-electron chi connectivity index (χ1n) is 8.70. The number of likely N-dealkylation sites (tertiary alicyclic amines) is 1. The van der Waals surface area contributed by atoms with Crippen LogP contribution < -0.4 is 10.2 Å². The third-order valence-corrected chi connectivity index (χ3v) is 4.64. The highest BCUT2D eigenvalue weighted by atomic mass is 16.2. The van der Waals surface area contributed by atoms with E-state index in [0.717, 1.165) is 44.5 Å². The van der Waals surface area contributed by atoms with Crippen molar-refractivity contribution in [2.45, 2.75) is 39.5 Å². The number of nitrogens with zero attached hydrogens (tertiary/aromatic N) is 2. The van der Waals surface area contributed by atoms with E-state index in [-0.39, 0.29) is 11.8 Å². The maximum atomic E-state index is 12.8. The molecule has 0 bridgehead atoms. The normalized spacial score (nSPS) is 15.6. The quantitative estimate of drug-likeness (QED) is 0.863. The molecule has 1 aromatic carbocycles. The van der Waals surface area contributed by atoms with E-state index in [4.69, 9.17) is 0 Å². The van der Waals surface area contributed by atoms with Crippen LogP contribution in [0.1, 0.15) is 39.5 Å². The standard InChI is InChI=1S/C19H29N3O2/c1-19(2,18(24)22-13-7-5-6-8-14-22)17(23)20-15-9-11-16(12-10-15)21(3)4/h9-12H,5-8,13-14H2,1-4H3,(H,20,23). The van der Waals surface area contributed by atoms with Gasteiger partial charge in [-0.2, -0.15) is 0 Å². The van der Waals surface area contributed by atoms with E-state index in [1.165, 1.54) is 0 Å². The zero-order valence-corrected chi connectivity index (χ0v) is 15.3. The first-order chi connectivity index (χ1) is 11.3. The maximum absolute atomic E-state index is 12.8. The number of carbonyl (C=O) groups is 2. The minimum absolute atomic E-state index is 0.0770. The van der Waals surface area contributed by atoms with Gasteiger partial charge in [0.15, 0.2) is 0 Å². The summed E-state index contributed by atoms with van der Waals surface area (Å²) in [5.74, 6) is -0.332. The number of hydrogen-bond acceptors (Lipinski definition) is 3. The second-order valence-electron chi connectivity index (χ2n) is 7.23. The average Bonchev–Trinajstić information content (AvgIpc) is 2.83. The Hall–Kier alpha value is -2.04. The summed E-state index contributed by atoms with van der Waals surface area (Å²) in [5, 5.41) is 2.88. The molecule has 5 heteroatoms. The molecule has 1 heterocycles. The van der Waals surface area contributed by atoms with Crippen molar-refractivity contribution in [2.75, 3.05) is 37.4 Å². The van der Waals surface area contributed by atoms with Gasteiger partial charge in [0, 0.05) is 38.6 Å². The van der Waals surface area contributed by atoms with Crippen LogP contribution in [-0.2, 0) is 9.59 Å². The van der Waals surface area contributed by atoms with Gasteiger partial charge in [-0.25, -0.2) is 0 Å². The third kappa shape index (κ3) is 4.28. The number of hydrogen-bond donors (Lipinski definition) is 1. The van der Waals surface area contributed by atoms with E-state index in [9.17, 15) is 9.59 Å². The number of benzene rings is 1. The SMILES string of the molecule is CN(C)c1ccc(NC(=O)C(C)(C)C(=O)N2CCCCCC2)cc1. The van der Waals surface area contributed by atoms with Crippen LogP contribution in [0.2, 0.25) is 0 Å². The highest BCUT2D eigenvalue weighted by molar-refractivity contribution is 6.09. The molecule has 0 radical (unpaired) electrons. The van der Waals surface area contributed by atoms with E-state index in [1.54, 1.807) is 13.8 Å². The molecular weight excluding hydrogens is 302 g/mol. The van der Waals surface area contributed by atoms with E-state index in [0.29, 0.717) is 5.69 Å². The van der Waals surface area contributed by atoms with E-state index >= 15 is 0 Å². The molecule has 2 amide bonds. The Kier molecular flexibility index (Phi) is 5.86. The second kappa shape index (κ2) is 7.69. The molecule has 2 rings (SSSR count). The monoisotopic (exact) mass is 331 g/mol. The summed E-state index contributed by atoms with van der Waals surface area (Å²) >= 11 is 0. The van der Waals surface area contributed by atoms with Crippen molar-refractivity contribution >= 4 is 23.2 Å². The van der Waals surface area contributed by atoms with Crippen LogP contribution in [0.4, 0.5) is 11.4 Å². The molecule has 24 heavy (non-hydrogen) atoms. The van der Waals surface area contributed by atoms with Crippen LogP contribution in [-0.4, -0.2) is 43.9 Å². The van der Waals surface area contributed by atoms with Gasteiger partial charge in [-0.15, -0.1) is 0 Å². The fourth-order valence-electron chi connectivity index (χ4n) is 2.90. The molecule has 1 aromatic rings. The number of nitrogens with one attached hydrogen (secondary N) is 1. The Balaban J connectivity index is 2.04. The maximum Gasteiger partial charge on any atom is 0.239 e. The van der Waals surface area contributed by atoms with Crippen LogP contribution in [0, 0.1) is 5.41 Å². The molecule has 0 spiro atoms. The van der Waals surface area contributed by atoms with Crippen molar-refractivity contribution in [1.82, 2.24) is 4.90 Å². The molecule has 1 aliphatic heterocycles. The predicted molar refractivity (Wildman–Crippen MR) is 98.2 cm³/mol. The van der Waals surface area contributed by atoms with Crippen molar-refractivity contribution in [3.05, 3.63) is 24.3 Å². The van der Waals surface area contributed by atoms with Crippen LogP contribution in [0.15, 0.2) is 24.3 Å². The molecule has 0 unspecified atom stereocenters. The van der Waals surface area contributed by atoms with Crippen molar-refractivity contribution in [3.8, 4) is 0 Å². The number of anilines is 2. The summed E-state index contributed by atoms with van der Waals surface area (Å²) in [4.78, 5) is 29.3. The number of amides is 2. The predicted octanol–water partition coefficient (Wildman–Crippen LogP) is 3.12. The zero-order valence-electron chi connectivity index (χ0n) is 15.3. The second-order valence-corrected chi connectivity index (χ2v) is 7.23. The molecule has 0 aliphatic carbocycles. The summed E-state index contributed by atoms with van der Waals surface area (Å²) < 4.78 is 0. The van der Waals surface area contributed by atoms with Crippen molar-refractivity contribution in [2.24, 2.45) is 5.41 Å². The van der Waals surface area contributed by atoms with E-state index in [1.807, 2.05) is 48.2 Å². The van der Waals surface area contributed by atoms with Gasteiger partial charge in [-0.05, 0) is 51.0 Å². The molecule has 132 valence electrons. The molecule has 0 saturated carbocycles. The van der Waals surface area contributed by atoms with Gasteiger partial charge in [0.05, 0.1) is 0 Å². The molecule has 1 N–H and O–H groups in total. The Morgan fingerprint density at radius 3 is 2.04 bits per heavy atom. The molecule has 5 nitrogen and oxygen atoms in total. The first kappa shape index (κ1) is 18.3. The molecule has 1 fully saturated rings. The molecule has 1 aliphatic rings. The van der Waals surface area contributed by atoms with Crippen LogP contribution in [0.25, 0.3) is 0 Å². The zero-order chi connectivity index (χ0) is 17.7. The largest absolute Gasteiger partial charge is 0.378 e. The average molecular weight is 331 g/mol. The topological polar surface area (TPSA) is 52.7 Å². The van der Waals surface area contributed by atoms with Gasteiger partial charge < -0.3 is 15.1 Å². The Labute approximate surface area is 145 Å². The number of carbonyl (C=O) groups excluding carboxylic acids is 2. The van der Waals surface area contributed by atoms with Crippen LogP contribution in [0.3, 0.4) is 0 Å². The summed E-state index contributed by atoms with van der Waals surface area (Å²) in [7, 11) is 3.94. The van der Waals surface area contributed by atoms with Gasteiger partial charge >= 0.3 is 0 Å². The fraction of sp³-hybridized carbons (Fsp3) is 0.579. The van der Waals surface area contributed by atoms with E-state index in [2.05, 4.69) is 5.32 Å². The lowest BCUT2D eigenvalue weighted by atomic mass is 9.90. The Morgan fingerprint density at radius 2 is 1.54 bits per heavy atom. The summed E-state index contributed by atoms with van der Waals surface area (Å²) in [6.45, 7) is 4.94. The van der Waals surface area contributed by atoms with Crippen LogP contribution in [0.5, 0.6) is 0 Å². The highest BCUT2D eigenvalue weighted by Gasteiger charge is 2.39. The van der Waals surface area contributed by atoms with Crippen molar-refractivity contribution in [3.63, 3.8) is 0 Å². The molecule has 1 saturated heterocycles. The Morgan fingerprint density at radius 1 is 1.00 bits per heavy atom. The smallest absolute Gasteiger partial charge is 0.239 e. The molecular formula is C19H29N3O2. The van der Waals surface area contributed by atoms with Gasteiger partial charge in [0.25, 0.3) is 0 Å². The lowest BCUT2D eigenvalue weighted by molar-refractivity contribution is -0.146. The van der Waals surface area contributed by atoms with Gasteiger partial charge in [-0.1, -0.05) is 12.8 Å². The summed E-state index contributed by atoms with van der Waals surface area (Å²) in [6.07, 6.45) is 4.37. The van der Waals surface area contributed by atoms with Gasteiger partial charge in [0.1, 0.15) is 5.41 Å². The van der Waals surface area contributed by atoms with Crippen molar-refractivity contribution < 1.29 is 9.59 Å². The minimum Gasteiger partial charge on any atom is -0.378 e.